The Morgan fingerprint density at radius 1 is 0.967 bits per heavy atom. The van der Waals surface area contributed by atoms with Gasteiger partial charge in [-0.05, 0) is 66.6 Å². The molecule has 0 saturated carbocycles. The van der Waals surface area contributed by atoms with E-state index in [1.807, 2.05) is 37.3 Å². The minimum atomic E-state index is -0.304. The van der Waals surface area contributed by atoms with Crippen LogP contribution in [0.4, 0.5) is 0 Å². The van der Waals surface area contributed by atoms with E-state index in [0.717, 1.165) is 16.9 Å². The first kappa shape index (κ1) is 21.7. The Morgan fingerprint density at radius 3 is 2.50 bits per heavy atom. The lowest BCUT2D eigenvalue weighted by molar-refractivity contribution is 0.0955. The predicted molar refractivity (Wildman–Crippen MR) is 120 cm³/mol. The Labute approximate surface area is 185 Å². The van der Waals surface area contributed by atoms with Gasteiger partial charge in [-0.2, -0.15) is 5.10 Å². The van der Waals surface area contributed by atoms with Crippen molar-refractivity contribution in [2.75, 3.05) is 6.61 Å². The second kappa shape index (κ2) is 10.7. The molecule has 3 aromatic carbocycles. The topological polar surface area (TPSA) is 59.9 Å². The van der Waals surface area contributed by atoms with Gasteiger partial charge >= 0.3 is 0 Å². The SMILES string of the molecule is CCOc1ccc(C(=O)N/N=C/c2cccc(OCc3ccc(Cl)c(Cl)c3)c2)cc1. The average molecular weight is 443 g/mol. The first-order chi connectivity index (χ1) is 14.5. The van der Waals surface area contributed by atoms with Crippen LogP contribution in [0.2, 0.25) is 10.0 Å². The van der Waals surface area contributed by atoms with Crippen molar-refractivity contribution in [3.63, 3.8) is 0 Å². The van der Waals surface area contributed by atoms with Gasteiger partial charge in [0.05, 0.1) is 22.9 Å². The maximum Gasteiger partial charge on any atom is 0.271 e. The van der Waals surface area contributed by atoms with Crippen LogP contribution in [0.3, 0.4) is 0 Å². The van der Waals surface area contributed by atoms with Crippen molar-refractivity contribution in [3.05, 3.63) is 93.5 Å². The van der Waals surface area contributed by atoms with E-state index in [1.165, 1.54) is 0 Å². The van der Waals surface area contributed by atoms with E-state index >= 15 is 0 Å². The van der Waals surface area contributed by atoms with E-state index in [-0.39, 0.29) is 5.91 Å². The molecule has 0 aromatic heterocycles. The molecule has 30 heavy (non-hydrogen) atoms. The number of carbonyl (C=O) groups excluding carboxylic acids is 1. The Bertz CT molecular complexity index is 1040. The first-order valence-electron chi connectivity index (χ1n) is 9.28. The Morgan fingerprint density at radius 2 is 1.77 bits per heavy atom. The number of rotatable bonds is 8. The van der Waals surface area contributed by atoms with Gasteiger partial charge in [-0.1, -0.05) is 41.4 Å². The minimum absolute atomic E-state index is 0.304. The highest BCUT2D eigenvalue weighted by Gasteiger charge is 2.04. The van der Waals surface area contributed by atoms with E-state index in [1.54, 1.807) is 42.6 Å². The molecule has 0 fully saturated rings. The summed E-state index contributed by atoms with van der Waals surface area (Å²) in [5.41, 5.74) is 4.70. The molecule has 0 saturated heterocycles. The molecular weight excluding hydrogens is 423 g/mol. The van der Waals surface area contributed by atoms with Gasteiger partial charge in [-0.3, -0.25) is 4.79 Å². The third-order valence-electron chi connectivity index (χ3n) is 4.05. The summed E-state index contributed by atoms with van der Waals surface area (Å²) in [6.45, 7) is 2.83. The quantitative estimate of drug-likeness (QED) is 0.357. The number of halogens is 2. The summed E-state index contributed by atoms with van der Waals surface area (Å²) in [4.78, 5) is 12.2. The number of nitrogens with one attached hydrogen (secondary N) is 1. The van der Waals surface area contributed by atoms with Crippen LogP contribution in [0.1, 0.15) is 28.4 Å². The van der Waals surface area contributed by atoms with E-state index in [9.17, 15) is 4.79 Å². The standard InChI is InChI=1S/C23H20Cl2N2O3/c1-2-29-19-9-7-18(8-10-19)23(28)27-26-14-16-4-3-5-20(12-16)30-15-17-6-11-21(24)22(25)13-17/h3-14H,2,15H2,1H3,(H,27,28)/b26-14+. The lowest BCUT2D eigenvalue weighted by atomic mass is 10.2. The Hall–Kier alpha value is -3.02. The third-order valence-corrected chi connectivity index (χ3v) is 4.79. The van der Waals surface area contributed by atoms with Crippen molar-refractivity contribution in [2.45, 2.75) is 13.5 Å². The maximum atomic E-state index is 12.2. The molecule has 0 aliphatic carbocycles. The summed E-state index contributed by atoms with van der Waals surface area (Å²) in [6, 6.07) is 19.6. The van der Waals surface area contributed by atoms with Crippen molar-refractivity contribution in [1.82, 2.24) is 5.43 Å². The van der Waals surface area contributed by atoms with Crippen LogP contribution >= 0.6 is 23.2 Å². The smallest absolute Gasteiger partial charge is 0.271 e. The summed E-state index contributed by atoms with van der Waals surface area (Å²) in [5.74, 6) is 1.08. The lowest BCUT2D eigenvalue weighted by Crippen LogP contribution is -2.17. The minimum Gasteiger partial charge on any atom is -0.494 e. The van der Waals surface area contributed by atoms with Crippen LogP contribution < -0.4 is 14.9 Å². The number of hydrazone groups is 1. The molecule has 1 N–H and O–H groups in total. The molecule has 0 aliphatic rings. The molecule has 3 rings (SSSR count). The van der Waals surface area contributed by atoms with E-state index < -0.39 is 0 Å². The fourth-order valence-electron chi connectivity index (χ4n) is 2.58. The van der Waals surface area contributed by atoms with Crippen molar-refractivity contribution < 1.29 is 14.3 Å². The summed E-state index contributed by atoms with van der Waals surface area (Å²) in [7, 11) is 0. The molecule has 0 atom stereocenters. The number of amides is 1. The highest BCUT2D eigenvalue weighted by Crippen LogP contribution is 2.23. The molecule has 0 spiro atoms. The van der Waals surface area contributed by atoms with Crippen molar-refractivity contribution in [3.8, 4) is 11.5 Å². The van der Waals surface area contributed by atoms with Crippen LogP contribution in [0.5, 0.6) is 11.5 Å². The number of carbonyl (C=O) groups is 1. The lowest BCUT2D eigenvalue weighted by Gasteiger charge is -2.08. The second-order valence-electron chi connectivity index (χ2n) is 6.27. The summed E-state index contributed by atoms with van der Waals surface area (Å²) < 4.78 is 11.2. The number of nitrogens with zero attached hydrogens (tertiary/aromatic N) is 1. The normalized spacial score (nSPS) is 10.8. The zero-order valence-corrected chi connectivity index (χ0v) is 17.8. The summed E-state index contributed by atoms with van der Waals surface area (Å²) in [6.07, 6.45) is 1.55. The van der Waals surface area contributed by atoms with Gasteiger partial charge in [0.2, 0.25) is 0 Å². The molecule has 0 heterocycles. The van der Waals surface area contributed by atoms with Crippen molar-refractivity contribution >= 4 is 35.3 Å². The highest BCUT2D eigenvalue weighted by molar-refractivity contribution is 6.42. The monoisotopic (exact) mass is 442 g/mol. The molecule has 154 valence electrons. The van der Waals surface area contributed by atoms with Gasteiger partial charge in [0.1, 0.15) is 18.1 Å². The zero-order chi connectivity index (χ0) is 21.3. The second-order valence-corrected chi connectivity index (χ2v) is 7.08. The molecule has 3 aromatic rings. The first-order valence-corrected chi connectivity index (χ1v) is 10.0. The van der Waals surface area contributed by atoms with Gasteiger partial charge in [0.15, 0.2) is 0 Å². The molecule has 0 aliphatic heterocycles. The molecule has 7 heteroatoms. The number of benzene rings is 3. The summed E-state index contributed by atoms with van der Waals surface area (Å²) in [5, 5.41) is 5.01. The van der Waals surface area contributed by atoms with Crippen LogP contribution in [0.25, 0.3) is 0 Å². The predicted octanol–water partition coefficient (Wildman–Crippen LogP) is 5.74. The van der Waals surface area contributed by atoms with E-state index in [0.29, 0.717) is 34.6 Å². The van der Waals surface area contributed by atoms with Crippen LogP contribution in [0, 0.1) is 0 Å². The van der Waals surface area contributed by atoms with Gasteiger partial charge in [-0.25, -0.2) is 5.43 Å². The fourth-order valence-corrected chi connectivity index (χ4v) is 2.90. The third kappa shape index (κ3) is 6.24. The van der Waals surface area contributed by atoms with Gasteiger partial charge in [-0.15, -0.1) is 0 Å². The number of hydrogen-bond donors (Lipinski definition) is 1. The number of ether oxygens (including phenoxy) is 2. The van der Waals surface area contributed by atoms with E-state index in [2.05, 4.69) is 10.5 Å². The maximum absolute atomic E-state index is 12.2. The molecule has 0 unspecified atom stereocenters. The zero-order valence-electron chi connectivity index (χ0n) is 16.3. The van der Waals surface area contributed by atoms with Gasteiger partial charge < -0.3 is 9.47 Å². The fraction of sp³-hybridized carbons (Fsp3) is 0.130. The van der Waals surface area contributed by atoms with Crippen LogP contribution in [-0.2, 0) is 6.61 Å². The molecule has 1 amide bonds. The molecular formula is C23H20Cl2N2O3. The average Bonchev–Trinajstić information content (AvgIpc) is 2.75. The van der Waals surface area contributed by atoms with E-state index in [4.69, 9.17) is 32.7 Å². The Balaban J connectivity index is 1.55. The Kier molecular flexibility index (Phi) is 7.71. The van der Waals surface area contributed by atoms with Crippen LogP contribution in [0.15, 0.2) is 71.8 Å². The van der Waals surface area contributed by atoms with Gasteiger partial charge in [0.25, 0.3) is 5.91 Å². The molecule has 0 bridgehead atoms. The summed E-state index contributed by atoms with van der Waals surface area (Å²) >= 11 is 11.9. The molecule has 0 radical (unpaired) electrons. The van der Waals surface area contributed by atoms with Crippen molar-refractivity contribution in [2.24, 2.45) is 5.10 Å². The van der Waals surface area contributed by atoms with Gasteiger partial charge in [0, 0.05) is 5.56 Å². The van der Waals surface area contributed by atoms with Crippen LogP contribution in [-0.4, -0.2) is 18.7 Å². The largest absolute Gasteiger partial charge is 0.494 e. The van der Waals surface area contributed by atoms with Crippen molar-refractivity contribution in [1.29, 1.82) is 0 Å². The number of hydrogen-bond acceptors (Lipinski definition) is 4. The molecule has 5 nitrogen and oxygen atoms in total. The highest BCUT2D eigenvalue weighted by atomic mass is 35.5.